The van der Waals surface area contributed by atoms with E-state index in [1.165, 1.54) is 10.6 Å². The lowest BCUT2D eigenvalue weighted by Gasteiger charge is -2.20. The van der Waals surface area contributed by atoms with Gasteiger partial charge in [-0.3, -0.25) is 4.79 Å². The maximum absolute atomic E-state index is 11.2. The number of ether oxygens (including phenoxy) is 1. The molecule has 0 amide bonds. The Bertz CT molecular complexity index is 701. The molecule has 0 saturated heterocycles. The third-order valence-corrected chi connectivity index (χ3v) is 4.05. The van der Waals surface area contributed by atoms with Crippen molar-refractivity contribution in [3.8, 4) is 5.75 Å². The molecule has 22 heavy (non-hydrogen) atoms. The van der Waals surface area contributed by atoms with E-state index in [1.807, 2.05) is 6.08 Å². The number of fused-ring (bicyclic) bond motifs is 1. The molecule has 112 valence electrons. The Balaban J connectivity index is 1.93. The van der Waals surface area contributed by atoms with E-state index in [4.69, 9.17) is 4.74 Å². The van der Waals surface area contributed by atoms with Crippen molar-refractivity contribution in [1.82, 2.24) is 0 Å². The highest BCUT2D eigenvalue weighted by atomic mass is 16.5. The van der Waals surface area contributed by atoms with Crippen molar-refractivity contribution in [3.05, 3.63) is 65.5 Å². The highest BCUT2D eigenvalue weighted by Crippen LogP contribution is 2.31. The Hall–Kier alpha value is -2.39. The van der Waals surface area contributed by atoms with Crippen molar-refractivity contribution >= 4 is 17.5 Å². The number of hydrogen-bond donors (Lipinski definition) is 1. The molecular weight excluding hydrogens is 274 g/mol. The van der Waals surface area contributed by atoms with Crippen LogP contribution in [0.15, 0.2) is 59.9 Å². The Kier molecular flexibility index (Phi) is 4.07. The highest BCUT2D eigenvalue weighted by Gasteiger charge is 2.16. The second-order valence-corrected chi connectivity index (χ2v) is 5.39. The molecule has 0 unspecified atom stereocenters. The minimum atomic E-state index is 0.0111. The fourth-order valence-corrected chi connectivity index (χ4v) is 2.73. The zero-order chi connectivity index (χ0) is 15.5. The summed E-state index contributed by atoms with van der Waals surface area (Å²) < 4.78 is 6.05. The van der Waals surface area contributed by atoms with Crippen LogP contribution in [0, 0.1) is 0 Å². The first-order valence-electron chi connectivity index (χ1n) is 7.70. The first-order chi connectivity index (χ1) is 10.7. The lowest BCUT2D eigenvalue weighted by molar-refractivity contribution is -0.828. The van der Waals surface area contributed by atoms with E-state index < -0.39 is 0 Å². The van der Waals surface area contributed by atoms with Gasteiger partial charge in [0.2, 0.25) is 0 Å². The molecule has 0 spiro atoms. The van der Waals surface area contributed by atoms with Crippen LogP contribution in [0.5, 0.6) is 5.75 Å². The van der Waals surface area contributed by atoms with Crippen LogP contribution < -0.4 is 9.64 Å². The van der Waals surface area contributed by atoms with Gasteiger partial charge >= 0.3 is 0 Å². The Morgan fingerprint density at radius 3 is 2.36 bits per heavy atom. The predicted molar refractivity (Wildman–Crippen MR) is 88.1 cm³/mol. The zero-order valence-electron chi connectivity index (χ0n) is 12.9. The minimum absolute atomic E-state index is 0.0111. The normalized spacial score (nSPS) is 16.2. The van der Waals surface area contributed by atoms with Crippen LogP contribution in [0.2, 0.25) is 0 Å². The molecule has 0 saturated carbocycles. The van der Waals surface area contributed by atoms with Crippen molar-refractivity contribution in [1.29, 1.82) is 0 Å². The number of ketones is 1. The molecule has 0 fully saturated rings. The van der Waals surface area contributed by atoms with Gasteiger partial charge in [0.15, 0.2) is 5.78 Å². The van der Waals surface area contributed by atoms with Crippen LogP contribution in [0.25, 0.3) is 6.08 Å². The summed E-state index contributed by atoms with van der Waals surface area (Å²) in [5.74, 6) is 1.66. The van der Waals surface area contributed by atoms with Gasteiger partial charge in [-0.1, -0.05) is 0 Å². The largest absolute Gasteiger partial charge is 0.456 e. The summed E-state index contributed by atoms with van der Waals surface area (Å²) in [5, 5.41) is 0. The number of nitrogens with one attached hydrogen (secondary N) is 1. The number of carbonyl (C=O) groups is 1. The van der Waals surface area contributed by atoms with Crippen molar-refractivity contribution in [2.45, 2.75) is 13.8 Å². The van der Waals surface area contributed by atoms with Crippen molar-refractivity contribution in [3.63, 3.8) is 0 Å². The molecule has 1 aliphatic heterocycles. The molecule has 0 radical (unpaired) electrons. The second-order valence-electron chi connectivity index (χ2n) is 5.39. The molecule has 3 nitrogen and oxygen atoms in total. The summed E-state index contributed by atoms with van der Waals surface area (Å²) in [6, 6.07) is 6.37. The van der Waals surface area contributed by atoms with E-state index in [1.54, 1.807) is 24.3 Å². The third-order valence-electron chi connectivity index (χ3n) is 4.05. The smallest absolute Gasteiger partial charge is 0.178 e. The van der Waals surface area contributed by atoms with Gasteiger partial charge in [0, 0.05) is 17.2 Å². The molecule has 0 bridgehead atoms. The lowest BCUT2D eigenvalue weighted by atomic mass is 10.0. The second kappa shape index (κ2) is 6.16. The van der Waals surface area contributed by atoms with E-state index in [0.717, 1.165) is 35.7 Å². The first kappa shape index (κ1) is 14.5. The summed E-state index contributed by atoms with van der Waals surface area (Å²) in [4.78, 5) is 12.6. The van der Waals surface area contributed by atoms with Gasteiger partial charge in [0.25, 0.3) is 0 Å². The fourth-order valence-electron chi connectivity index (χ4n) is 2.73. The quantitative estimate of drug-likeness (QED) is 0.929. The summed E-state index contributed by atoms with van der Waals surface area (Å²) in [7, 11) is 0. The van der Waals surface area contributed by atoms with Gasteiger partial charge < -0.3 is 9.64 Å². The van der Waals surface area contributed by atoms with Gasteiger partial charge in [-0.2, -0.15) is 0 Å². The Morgan fingerprint density at radius 1 is 0.955 bits per heavy atom. The van der Waals surface area contributed by atoms with Crippen LogP contribution in [-0.4, -0.2) is 18.9 Å². The maximum atomic E-state index is 11.2. The Morgan fingerprint density at radius 2 is 1.68 bits per heavy atom. The van der Waals surface area contributed by atoms with Gasteiger partial charge in [-0.05, 0) is 62.4 Å². The summed E-state index contributed by atoms with van der Waals surface area (Å²) in [6.07, 6.45) is 10.7. The van der Waals surface area contributed by atoms with Gasteiger partial charge in [0.1, 0.15) is 17.2 Å². The Labute approximate surface area is 130 Å². The molecule has 1 aromatic carbocycles. The molecule has 0 aromatic heterocycles. The monoisotopic (exact) mass is 294 g/mol. The SMILES string of the molecule is CC[NH+](CC)c1ccc2c(c1)OC(=C1C=CC(=O)C=C1)C=C2. The van der Waals surface area contributed by atoms with Gasteiger partial charge in [0.05, 0.1) is 13.1 Å². The highest BCUT2D eigenvalue weighted by molar-refractivity contribution is 6.01. The van der Waals surface area contributed by atoms with E-state index in [0.29, 0.717) is 0 Å². The number of allylic oxidation sites excluding steroid dienone is 6. The van der Waals surface area contributed by atoms with E-state index in [-0.39, 0.29) is 5.78 Å². The van der Waals surface area contributed by atoms with Gasteiger partial charge in [-0.15, -0.1) is 0 Å². The minimum Gasteiger partial charge on any atom is -0.456 e. The predicted octanol–water partition coefficient (Wildman–Crippen LogP) is 2.60. The number of hydrogen-bond acceptors (Lipinski definition) is 2. The number of quaternary nitrogens is 1. The third kappa shape index (κ3) is 2.81. The van der Waals surface area contributed by atoms with Crippen molar-refractivity contribution < 1.29 is 14.4 Å². The molecule has 1 aliphatic carbocycles. The van der Waals surface area contributed by atoms with E-state index in [2.05, 4.69) is 38.1 Å². The molecule has 3 rings (SSSR count). The van der Waals surface area contributed by atoms with E-state index >= 15 is 0 Å². The molecule has 1 heterocycles. The van der Waals surface area contributed by atoms with Crippen LogP contribution in [0.1, 0.15) is 19.4 Å². The standard InChI is InChI=1S/C19H19NO2/c1-3-20(4-2)16-9-5-15-8-12-18(22-19(15)13-16)14-6-10-17(21)11-7-14/h5-13H,3-4H2,1-2H3/p+1. The zero-order valence-corrected chi connectivity index (χ0v) is 12.9. The molecule has 1 N–H and O–H groups in total. The van der Waals surface area contributed by atoms with Gasteiger partial charge in [-0.25, -0.2) is 0 Å². The average molecular weight is 294 g/mol. The molecule has 2 aliphatic rings. The topological polar surface area (TPSA) is 30.7 Å². The molecule has 0 atom stereocenters. The van der Waals surface area contributed by atoms with Crippen LogP contribution in [0.4, 0.5) is 5.69 Å². The first-order valence-corrected chi connectivity index (χ1v) is 7.70. The van der Waals surface area contributed by atoms with E-state index in [9.17, 15) is 4.79 Å². The lowest BCUT2D eigenvalue weighted by Crippen LogP contribution is -3.06. The number of rotatable bonds is 3. The van der Waals surface area contributed by atoms with Crippen molar-refractivity contribution in [2.24, 2.45) is 0 Å². The summed E-state index contributed by atoms with van der Waals surface area (Å²) >= 11 is 0. The molecule has 1 aromatic rings. The molecule has 3 heteroatoms. The van der Waals surface area contributed by atoms with Crippen LogP contribution >= 0.6 is 0 Å². The average Bonchev–Trinajstić information content (AvgIpc) is 2.56. The number of benzene rings is 1. The fraction of sp³-hybridized carbons (Fsp3) is 0.211. The summed E-state index contributed by atoms with van der Waals surface area (Å²) in [6.45, 7) is 6.46. The number of carbonyl (C=O) groups excluding carboxylic acids is 1. The maximum Gasteiger partial charge on any atom is 0.178 e. The van der Waals surface area contributed by atoms with Crippen molar-refractivity contribution in [2.75, 3.05) is 13.1 Å². The molecular formula is C19H20NO2+. The summed E-state index contributed by atoms with van der Waals surface area (Å²) in [5.41, 5.74) is 3.25. The van der Waals surface area contributed by atoms with Crippen LogP contribution in [-0.2, 0) is 4.79 Å². The van der Waals surface area contributed by atoms with Crippen LogP contribution in [0.3, 0.4) is 0 Å².